The summed E-state index contributed by atoms with van der Waals surface area (Å²) in [5, 5.41) is 13.2. The van der Waals surface area contributed by atoms with Gasteiger partial charge in [0.25, 0.3) is 0 Å². The monoisotopic (exact) mass is 324 g/mol. The van der Waals surface area contributed by atoms with Crippen molar-refractivity contribution in [2.45, 2.75) is 20.1 Å². The van der Waals surface area contributed by atoms with Crippen molar-refractivity contribution in [2.24, 2.45) is 0 Å². The van der Waals surface area contributed by atoms with Gasteiger partial charge in [-0.2, -0.15) is 5.10 Å². The van der Waals surface area contributed by atoms with Crippen molar-refractivity contribution < 1.29 is 14.6 Å². The van der Waals surface area contributed by atoms with Crippen LogP contribution in [-0.4, -0.2) is 20.9 Å². The minimum atomic E-state index is -1.01. The molecule has 100 valence electrons. The number of hydrogen-bond donors (Lipinski definition) is 1. The molecule has 1 N–H and O–H groups in total. The van der Waals surface area contributed by atoms with Gasteiger partial charge in [0.15, 0.2) is 0 Å². The molecular formula is C13H13BrN2O3. The molecular weight excluding hydrogens is 312 g/mol. The van der Waals surface area contributed by atoms with E-state index in [0.717, 1.165) is 16.6 Å². The van der Waals surface area contributed by atoms with Gasteiger partial charge in [-0.25, -0.2) is 4.79 Å². The van der Waals surface area contributed by atoms with Gasteiger partial charge in [0.1, 0.15) is 17.9 Å². The minimum Gasteiger partial charge on any atom is -0.488 e. The number of benzene rings is 1. The Bertz CT molecular complexity index is 595. The molecule has 2 aromatic rings. The van der Waals surface area contributed by atoms with Crippen molar-refractivity contribution in [3.05, 3.63) is 46.2 Å². The molecule has 0 saturated carbocycles. The predicted molar refractivity (Wildman–Crippen MR) is 73.3 cm³/mol. The van der Waals surface area contributed by atoms with Crippen LogP contribution in [0.5, 0.6) is 5.75 Å². The fraction of sp³-hybridized carbons (Fsp3) is 0.231. The van der Waals surface area contributed by atoms with E-state index in [-0.39, 0.29) is 12.2 Å². The highest BCUT2D eigenvalue weighted by atomic mass is 79.9. The molecule has 0 unspecified atom stereocenters. The number of aryl methyl sites for hydroxylation is 1. The average Bonchev–Trinajstić information content (AvgIpc) is 2.84. The lowest BCUT2D eigenvalue weighted by Gasteiger charge is -2.08. The molecule has 0 fully saturated rings. The van der Waals surface area contributed by atoms with E-state index < -0.39 is 5.97 Å². The van der Waals surface area contributed by atoms with Crippen molar-refractivity contribution in [1.82, 2.24) is 9.78 Å². The minimum absolute atomic E-state index is 0.145. The molecule has 0 atom stereocenters. The first-order valence-electron chi connectivity index (χ1n) is 5.77. The van der Waals surface area contributed by atoms with E-state index in [0.29, 0.717) is 5.75 Å². The fourth-order valence-corrected chi connectivity index (χ4v) is 1.95. The molecule has 5 nitrogen and oxygen atoms in total. The Morgan fingerprint density at radius 3 is 2.95 bits per heavy atom. The summed E-state index contributed by atoms with van der Waals surface area (Å²) < 4.78 is 8.12. The third kappa shape index (κ3) is 3.35. The number of halogens is 1. The second-order valence-electron chi connectivity index (χ2n) is 3.94. The molecule has 6 heteroatoms. The van der Waals surface area contributed by atoms with E-state index in [1.54, 1.807) is 23.0 Å². The lowest BCUT2D eigenvalue weighted by Crippen LogP contribution is -2.03. The molecule has 19 heavy (non-hydrogen) atoms. The maximum absolute atomic E-state index is 11.1. The van der Waals surface area contributed by atoms with Gasteiger partial charge in [-0.05, 0) is 25.1 Å². The molecule has 0 amide bonds. The molecule has 0 radical (unpaired) electrons. The van der Waals surface area contributed by atoms with E-state index >= 15 is 0 Å². The van der Waals surface area contributed by atoms with Crippen LogP contribution in [-0.2, 0) is 13.2 Å². The number of aromatic carboxylic acids is 1. The fourth-order valence-electron chi connectivity index (χ4n) is 1.61. The summed E-state index contributed by atoms with van der Waals surface area (Å²) >= 11 is 3.30. The molecule has 0 bridgehead atoms. The molecule has 0 aliphatic heterocycles. The number of hydrogen-bond acceptors (Lipinski definition) is 3. The Morgan fingerprint density at radius 2 is 2.32 bits per heavy atom. The standard InChI is InChI=1S/C13H13BrN2O3/c1-2-16-7-9(6-15-16)8-19-12-5-10(14)3-4-11(12)13(17)18/h3-7H,2,8H2,1H3,(H,17,18). The molecule has 2 rings (SSSR count). The summed E-state index contributed by atoms with van der Waals surface area (Å²) in [7, 11) is 0. The molecule has 0 saturated heterocycles. The quantitative estimate of drug-likeness (QED) is 0.918. The zero-order valence-corrected chi connectivity index (χ0v) is 11.9. The van der Waals surface area contributed by atoms with E-state index in [2.05, 4.69) is 21.0 Å². The van der Waals surface area contributed by atoms with E-state index in [9.17, 15) is 4.79 Å². The van der Waals surface area contributed by atoms with Gasteiger partial charge in [0.05, 0.1) is 6.20 Å². The van der Waals surface area contributed by atoms with Gasteiger partial charge in [-0.15, -0.1) is 0 Å². The van der Waals surface area contributed by atoms with Crippen LogP contribution in [0.3, 0.4) is 0 Å². The van der Waals surface area contributed by atoms with Gasteiger partial charge in [0, 0.05) is 22.8 Å². The molecule has 1 aromatic carbocycles. The summed E-state index contributed by atoms with van der Waals surface area (Å²) in [5.74, 6) is -0.669. The first-order chi connectivity index (χ1) is 9.10. The van der Waals surface area contributed by atoms with Crippen LogP contribution in [0.15, 0.2) is 35.1 Å². The molecule has 0 spiro atoms. The van der Waals surface area contributed by atoms with Gasteiger partial charge >= 0.3 is 5.97 Å². The number of carboxylic acids is 1. The third-order valence-electron chi connectivity index (χ3n) is 2.58. The van der Waals surface area contributed by atoms with Gasteiger partial charge in [-0.1, -0.05) is 15.9 Å². The van der Waals surface area contributed by atoms with Crippen molar-refractivity contribution in [2.75, 3.05) is 0 Å². The maximum atomic E-state index is 11.1. The van der Waals surface area contributed by atoms with Crippen LogP contribution in [0, 0.1) is 0 Å². The van der Waals surface area contributed by atoms with Gasteiger partial charge in [-0.3, -0.25) is 4.68 Å². The van der Waals surface area contributed by atoms with E-state index in [4.69, 9.17) is 9.84 Å². The second kappa shape index (κ2) is 5.88. The predicted octanol–water partition coefficient (Wildman–Crippen LogP) is 2.94. The Morgan fingerprint density at radius 1 is 1.53 bits per heavy atom. The topological polar surface area (TPSA) is 64.3 Å². The molecule has 1 aromatic heterocycles. The Labute approximate surface area is 118 Å². The number of carboxylic acid groups (broad SMARTS) is 1. The van der Waals surface area contributed by atoms with Crippen LogP contribution in [0.4, 0.5) is 0 Å². The van der Waals surface area contributed by atoms with Crippen LogP contribution in [0.2, 0.25) is 0 Å². The second-order valence-corrected chi connectivity index (χ2v) is 4.85. The largest absolute Gasteiger partial charge is 0.488 e. The summed E-state index contributed by atoms with van der Waals surface area (Å²) in [6.07, 6.45) is 3.58. The van der Waals surface area contributed by atoms with E-state index in [1.807, 2.05) is 13.1 Å². The molecule has 0 aliphatic rings. The van der Waals surface area contributed by atoms with E-state index in [1.165, 1.54) is 6.07 Å². The summed E-state index contributed by atoms with van der Waals surface area (Å²) in [4.78, 5) is 11.1. The van der Waals surface area contributed by atoms with Gasteiger partial charge < -0.3 is 9.84 Å². The lowest BCUT2D eigenvalue weighted by atomic mass is 10.2. The Balaban J connectivity index is 2.14. The number of aromatic nitrogens is 2. The normalized spacial score (nSPS) is 10.4. The zero-order valence-electron chi connectivity index (χ0n) is 10.3. The number of ether oxygens (including phenoxy) is 1. The van der Waals surface area contributed by atoms with Crippen LogP contribution in [0.25, 0.3) is 0 Å². The zero-order chi connectivity index (χ0) is 13.8. The summed E-state index contributed by atoms with van der Waals surface area (Å²) in [6, 6.07) is 4.83. The number of rotatable bonds is 5. The lowest BCUT2D eigenvalue weighted by molar-refractivity contribution is 0.0691. The number of carbonyl (C=O) groups is 1. The Kier molecular flexibility index (Phi) is 4.21. The van der Waals surface area contributed by atoms with Crippen LogP contribution >= 0.6 is 15.9 Å². The van der Waals surface area contributed by atoms with Crippen molar-refractivity contribution >= 4 is 21.9 Å². The summed E-state index contributed by atoms with van der Waals surface area (Å²) in [6.45, 7) is 3.07. The smallest absolute Gasteiger partial charge is 0.339 e. The summed E-state index contributed by atoms with van der Waals surface area (Å²) in [5.41, 5.74) is 1.05. The maximum Gasteiger partial charge on any atom is 0.339 e. The number of nitrogens with zero attached hydrogens (tertiary/aromatic N) is 2. The highest BCUT2D eigenvalue weighted by Gasteiger charge is 2.12. The van der Waals surface area contributed by atoms with Crippen molar-refractivity contribution in [1.29, 1.82) is 0 Å². The first kappa shape index (κ1) is 13.6. The average molecular weight is 325 g/mol. The third-order valence-corrected chi connectivity index (χ3v) is 3.07. The van der Waals surface area contributed by atoms with Gasteiger partial charge in [0.2, 0.25) is 0 Å². The molecule has 0 aliphatic carbocycles. The SMILES string of the molecule is CCn1cc(COc2cc(Br)ccc2C(=O)O)cn1. The van der Waals surface area contributed by atoms with Crippen molar-refractivity contribution in [3.8, 4) is 5.75 Å². The Hall–Kier alpha value is -1.82. The highest BCUT2D eigenvalue weighted by Crippen LogP contribution is 2.24. The highest BCUT2D eigenvalue weighted by molar-refractivity contribution is 9.10. The first-order valence-corrected chi connectivity index (χ1v) is 6.56. The van der Waals surface area contributed by atoms with Crippen LogP contribution < -0.4 is 4.74 Å². The molecule has 1 heterocycles. The van der Waals surface area contributed by atoms with Crippen LogP contribution in [0.1, 0.15) is 22.8 Å². The van der Waals surface area contributed by atoms with Crippen molar-refractivity contribution in [3.63, 3.8) is 0 Å².